The van der Waals surface area contributed by atoms with Crippen molar-refractivity contribution in [2.45, 2.75) is 31.7 Å². The minimum Gasteiger partial charge on any atom is -0.391 e. The third kappa shape index (κ3) is 3.55. The molecule has 0 rings (SSSR count). The molecule has 0 fully saturated rings. The Bertz CT molecular complexity index is 102. The van der Waals surface area contributed by atoms with E-state index in [1.54, 1.807) is 0 Å². The summed E-state index contributed by atoms with van der Waals surface area (Å²) in [6, 6.07) is 0. The van der Waals surface area contributed by atoms with E-state index in [9.17, 15) is 4.79 Å². The zero-order chi connectivity index (χ0) is 8.15. The minimum atomic E-state index is -1.18. The molecule has 10 heavy (non-hydrogen) atoms. The second-order valence-corrected chi connectivity index (χ2v) is 2.25. The predicted molar refractivity (Wildman–Crippen MR) is 34.4 cm³/mol. The van der Waals surface area contributed by atoms with Gasteiger partial charge in [0.25, 0.3) is 0 Å². The SMILES string of the molecule is C[C@@H](O)[C@@H](O)C[C@@H](O)C=O. The Kier molecular flexibility index (Phi) is 4.18. The summed E-state index contributed by atoms with van der Waals surface area (Å²) in [4.78, 5) is 9.82. The van der Waals surface area contributed by atoms with Crippen LogP contribution in [-0.4, -0.2) is 39.9 Å². The largest absolute Gasteiger partial charge is 0.391 e. The maximum absolute atomic E-state index is 9.82. The lowest BCUT2D eigenvalue weighted by molar-refractivity contribution is -0.117. The molecule has 0 bridgehead atoms. The number of hydrogen-bond donors (Lipinski definition) is 3. The van der Waals surface area contributed by atoms with Crippen molar-refractivity contribution in [3.8, 4) is 0 Å². The van der Waals surface area contributed by atoms with E-state index in [1.807, 2.05) is 0 Å². The monoisotopic (exact) mass is 148 g/mol. The molecule has 0 radical (unpaired) electrons. The Morgan fingerprint density at radius 2 is 1.90 bits per heavy atom. The van der Waals surface area contributed by atoms with E-state index in [4.69, 9.17) is 15.3 Å². The molecule has 0 aliphatic heterocycles. The first-order chi connectivity index (χ1) is 4.57. The number of rotatable bonds is 4. The van der Waals surface area contributed by atoms with E-state index in [2.05, 4.69) is 0 Å². The first kappa shape index (κ1) is 9.55. The van der Waals surface area contributed by atoms with E-state index in [1.165, 1.54) is 6.92 Å². The normalized spacial score (nSPS) is 19.6. The van der Waals surface area contributed by atoms with Crippen LogP contribution < -0.4 is 0 Å². The molecule has 0 aromatic rings. The summed E-state index contributed by atoms with van der Waals surface area (Å²) >= 11 is 0. The summed E-state index contributed by atoms with van der Waals surface area (Å²) in [5.41, 5.74) is 0. The summed E-state index contributed by atoms with van der Waals surface area (Å²) < 4.78 is 0. The first-order valence-corrected chi connectivity index (χ1v) is 3.07. The second-order valence-electron chi connectivity index (χ2n) is 2.25. The fourth-order valence-electron chi connectivity index (χ4n) is 0.500. The minimum absolute atomic E-state index is 0.110. The van der Waals surface area contributed by atoms with Gasteiger partial charge >= 0.3 is 0 Å². The van der Waals surface area contributed by atoms with Gasteiger partial charge in [0.2, 0.25) is 0 Å². The summed E-state index contributed by atoms with van der Waals surface area (Å²) in [7, 11) is 0. The zero-order valence-electron chi connectivity index (χ0n) is 5.77. The Labute approximate surface area is 59.1 Å². The van der Waals surface area contributed by atoms with Gasteiger partial charge in [-0.1, -0.05) is 0 Å². The molecule has 3 atom stereocenters. The Balaban J connectivity index is 3.56. The quantitative estimate of drug-likeness (QED) is 0.432. The Morgan fingerprint density at radius 3 is 2.20 bits per heavy atom. The van der Waals surface area contributed by atoms with Crippen LogP contribution in [-0.2, 0) is 4.79 Å². The number of carbonyl (C=O) groups excluding carboxylic acids is 1. The van der Waals surface area contributed by atoms with Crippen LogP contribution in [0.3, 0.4) is 0 Å². The van der Waals surface area contributed by atoms with Crippen molar-refractivity contribution in [1.82, 2.24) is 0 Å². The molecule has 0 aliphatic carbocycles. The van der Waals surface area contributed by atoms with Crippen molar-refractivity contribution in [3.63, 3.8) is 0 Å². The zero-order valence-corrected chi connectivity index (χ0v) is 5.77. The fraction of sp³-hybridized carbons (Fsp3) is 0.833. The number of aliphatic hydroxyl groups excluding tert-OH is 3. The maximum atomic E-state index is 9.82. The molecule has 0 spiro atoms. The number of aliphatic hydroxyl groups is 3. The molecular weight excluding hydrogens is 136 g/mol. The molecular formula is C6H12O4. The van der Waals surface area contributed by atoms with Gasteiger partial charge in [-0.15, -0.1) is 0 Å². The van der Waals surface area contributed by atoms with Crippen LogP contribution in [0.25, 0.3) is 0 Å². The van der Waals surface area contributed by atoms with Crippen molar-refractivity contribution in [1.29, 1.82) is 0 Å². The molecule has 0 unspecified atom stereocenters. The van der Waals surface area contributed by atoms with E-state index < -0.39 is 18.3 Å². The molecule has 4 heteroatoms. The van der Waals surface area contributed by atoms with Crippen molar-refractivity contribution in [3.05, 3.63) is 0 Å². The van der Waals surface area contributed by atoms with Crippen LogP contribution in [0, 0.1) is 0 Å². The van der Waals surface area contributed by atoms with Gasteiger partial charge in [0.05, 0.1) is 12.2 Å². The lowest BCUT2D eigenvalue weighted by Crippen LogP contribution is -2.28. The molecule has 3 N–H and O–H groups in total. The molecule has 0 aliphatic rings. The van der Waals surface area contributed by atoms with Crippen LogP contribution in [0.4, 0.5) is 0 Å². The summed E-state index contributed by atoms with van der Waals surface area (Å²) in [6.45, 7) is 1.39. The third-order valence-corrected chi connectivity index (χ3v) is 1.20. The van der Waals surface area contributed by atoms with E-state index >= 15 is 0 Å². The van der Waals surface area contributed by atoms with Gasteiger partial charge in [-0.25, -0.2) is 0 Å². The molecule has 0 saturated heterocycles. The Morgan fingerprint density at radius 1 is 1.40 bits per heavy atom. The molecule has 0 heterocycles. The van der Waals surface area contributed by atoms with Crippen LogP contribution in [0.5, 0.6) is 0 Å². The second kappa shape index (κ2) is 4.38. The number of hydrogen-bond acceptors (Lipinski definition) is 4. The molecule has 60 valence electrons. The average Bonchev–Trinajstić information content (AvgIpc) is 1.87. The van der Waals surface area contributed by atoms with Gasteiger partial charge in [0, 0.05) is 6.42 Å². The van der Waals surface area contributed by atoms with E-state index in [0.717, 1.165) is 0 Å². The van der Waals surface area contributed by atoms with Crippen LogP contribution in [0.15, 0.2) is 0 Å². The van der Waals surface area contributed by atoms with Gasteiger partial charge in [-0.2, -0.15) is 0 Å². The number of aldehydes is 1. The molecule has 0 aromatic heterocycles. The standard InChI is InChI=1S/C6H12O4/c1-4(8)6(10)2-5(9)3-7/h3-6,8-10H,2H2,1H3/t4-,5-,6+/m1/s1. The lowest BCUT2D eigenvalue weighted by atomic mass is 10.1. The molecule has 0 aromatic carbocycles. The van der Waals surface area contributed by atoms with E-state index in [0.29, 0.717) is 6.29 Å². The highest BCUT2D eigenvalue weighted by Gasteiger charge is 2.14. The first-order valence-electron chi connectivity index (χ1n) is 3.07. The van der Waals surface area contributed by atoms with Gasteiger partial charge < -0.3 is 20.1 Å². The molecule has 4 nitrogen and oxygen atoms in total. The molecule has 0 saturated carbocycles. The van der Waals surface area contributed by atoms with Crippen LogP contribution >= 0.6 is 0 Å². The maximum Gasteiger partial charge on any atom is 0.148 e. The Hall–Kier alpha value is -0.450. The van der Waals surface area contributed by atoms with Crippen molar-refractivity contribution >= 4 is 6.29 Å². The van der Waals surface area contributed by atoms with E-state index in [-0.39, 0.29) is 6.42 Å². The summed E-state index contributed by atoms with van der Waals surface area (Å²) in [6.07, 6.45) is -2.90. The van der Waals surface area contributed by atoms with Crippen molar-refractivity contribution < 1.29 is 20.1 Å². The topological polar surface area (TPSA) is 77.8 Å². The summed E-state index contributed by atoms with van der Waals surface area (Å²) in [5.74, 6) is 0. The fourth-order valence-corrected chi connectivity index (χ4v) is 0.500. The lowest BCUT2D eigenvalue weighted by Gasteiger charge is -2.13. The van der Waals surface area contributed by atoms with Gasteiger partial charge in [-0.3, -0.25) is 0 Å². The predicted octanol–water partition coefficient (Wildman–Crippen LogP) is -1.32. The van der Waals surface area contributed by atoms with Gasteiger partial charge in [-0.05, 0) is 6.92 Å². The van der Waals surface area contributed by atoms with Gasteiger partial charge in [0.15, 0.2) is 0 Å². The van der Waals surface area contributed by atoms with Crippen molar-refractivity contribution in [2.24, 2.45) is 0 Å². The van der Waals surface area contributed by atoms with Gasteiger partial charge in [0.1, 0.15) is 12.4 Å². The highest BCUT2D eigenvalue weighted by atomic mass is 16.3. The van der Waals surface area contributed by atoms with Crippen LogP contribution in [0.2, 0.25) is 0 Å². The highest BCUT2D eigenvalue weighted by molar-refractivity contribution is 5.55. The van der Waals surface area contributed by atoms with Crippen LogP contribution in [0.1, 0.15) is 13.3 Å². The summed E-state index contributed by atoms with van der Waals surface area (Å²) in [5, 5.41) is 26.2. The number of carbonyl (C=O) groups is 1. The third-order valence-electron chi connectivity index (χ3n) is 1.20. The smallest absolute Gasteiger partial charge is 0.148 e. The molecule has 0 amide bonds. The highest BCUT2D eigenvalue weighted by Crippen LogP contribution is 2.00. The van der Waals surface area contributed by atoms with Crippen molar-refractivity contribution in [2.75, 3.05) is 0 Å². The average molecular weight is 148 g/mol.